The predicted octanol–water partition coefficient (Wildman–Crippen LogP) is 3.44. The first kappa shape index (κ1) is 15.9. The standard InChI is InChI=1S/C15H27N3O/c1-7-12-11(5)13(16-9-3)18-14(17-12)15(6,8-2)19-10-4/h7-10H2,1-6H3,(H,16,17,18). The van der Waals surface area contributed by atoms with Gasteiger partial charge in [-0.1, -0.05) is 13.8 Å². The van der Waals surface area contributed by atoms with E-state index in [4.69, 9.17) is 9.72 Å². The van der Waals surface area contributed by atoms with Crippen molar-refractivity contribution in [3.8, 4) is 0 Å². The maximum atomic E-state index is 5.88. The molecule has 1 N–H and O–H groups in total. The number of anilines is 1. The van der Waals surface area contributed by atoms with Crippen LogP contribution in [0.3, 0.4) is 0 Å². The second kappa shape index (κ2) is 6.85. The SMILES string of the molecule is CCNc1nc(C(C)(CC)OCC)nc(CC)c1C. The van der Waals surface area contributed by atoms with Crippen molar-refractivity contribution in [1.29, 1.82) is 0 Å². The van der Waals surface area contributed by atoms with Gasteiger partial charge >= 0.3 is 0 Å². The van der Waals surface area contributed by atoms with Crippen molar-refractivity contribution in [2.75, 3.05) is 18.5 Å². The molecule has 0 aliphatic rings. The van der Waals surface area contributed by atoms with E-state index in [0.717, 1.165) is 42.3 Å². The fraction of sp³-hybridized carbons (Fsp3) is 0.733. The van der Waals surface area contributed by atoms with Gasteiger partial charge in [-0.2, -0.15) is 0 Å². The van der Waals surface area contributed by atoms with Crippen molar-refractivity contribution in [2.24, 2.45) is 0 Å². The van der Waals surface area contributed by atoms with Gasteiger partial charge < -0.3 is 10.1 Å². The summed E-state index contributed by atoms with van der Waals surface area (Å²) in [6.07, 6.45) is 1.77. The van der Waals surface area contributed by atoms with Crippen LogP contribution >= 0.6 is 0 Å². The Labute approximate surface area is 117 Å². The molecule has 1 atom stereocenters. The van der Waals surface area contributed by atoms with E-state index < -0.39 is 5.60 Å². The second-order valence-corrected chi connectivity index (χ2v) is 4.87. The highest BCUT2D eigenvalue weighted by molar-refractivity contribution is 5.46. The lowest BCUT2D eigenvalue weighted by atomic mass is 10.0. The van der Waals surface area contributed by atoms with E-state index in [1.54, 1.807) is 0 Å². The van der Waals surface area contributed by atoms with Gasteiger partial charge in [0.1, 0.15) is 11.4 Å². The lowest BCUT2D eigenvalue weighted by Crippen LogP contribution is -2.29. The van der Waals surface area contributed by atoms with Crippen LogP contribution in [0.2, 0.25) is 0 Å². The number of aromatic nitrogens is 2. The summed E-state index contributed by atoms with van der Waals surface area (Å²) in [5, 5.41) is 3.32. The summed E-state index contributed by atoms with van der Waals surface area (Å²) in [5.41, 5.74) is 1.83. The molecule has 4 heteroatoms. The van der Waals surface area contributed by atoms with E-state index >= 15 is 0 Å². The van der Waals surface area contributed by atoms with Gasteiger partial charge in [0.2, 0.25) is 0 Å². The van der Waals surface area contributed by atoms with Gasteiger partial charge in [-0.3, -0.25) is 0 Å². The summed E-state index contributed by atoms with van der Waals surface area (Å²) in [6.45, 7) is 14.0. The maximum absolute atomic E-state index is 5.88. The highest BCUT2D eigenvalue weighted by Gasteiger charge is 2.29. The van der Waals surface area contributed by atoms with Crippen LogP contribution in [-0.2, 0) is 16.8 Å². The number of nitrogens with zero attached hydrogens (tertiary/aromatic N) is 2. The lowest BCUT2D eigenvalue weighted by molar-refractivity contribution is -0.0391. The van der Waals surface area contributed by atoms with Crippen LogP contribution in [0.4, 0.5) is 5.82 Å². The van der Waals surface area contributed by atoms with Crippen LogP contribution in [-0.4, -0.2) is 23.1 Å². The van der Waals surface area contributed by atoms with Crippen LogP contribution in [0, 0.1) is 6.92 Å². The Kier molecular flexibility index (Phi) is 5.73. The normalized spacial score (nSPS) is 14.2. The molecule has 1 rings (SSSR count). The maximum Gasteiger partial charge on any atom is 0.162 e. The fourth-order valence-corrected chi connectivity index (χ4v) is 2.13. The van der Waals surface area contributed by atoms with Crippen LogP contribution in [0.15, 0.2) is 0 Å². The molecule has 1 aromatic heterocycles. The van der Waals surface area contributed by atoms with Crippen molar-refractivity contribution in [2.45, 2.75) is 60.0 Å². The molecule has 1 unspecified atom stereocenters. The number of aryl methyl sites for hydroxylation is 1. The fourth-order valence-electron chi connectivity index (χ4n) is 2.13. The Hall–Kier alpha value is -1.16. The molecule has 0 radical (unpaired) electrons. The van der Waals surface area contributed by atoms with Crippen LogP contribution in [0.5, 0.6) is 0 Å². The van der Waals surface area contributed by atoms with Gasteiger partial charge in [-0.05, 0) is 40.5 Å². The molecule has 0 amide bonds. The van der Waals surface area contributed by atoms with E-state index in [-0.39, 0.29) is 0 Å². The zero-order chi connectivity index (χ0) is 14.5. The number of rotatable bonds is 7. The minimum atomic E-state index is -0.406. The zero-order valence-electron chi connectivity index (χ0n) is 13.1. The number of hydrogen-bond donors (Lipinski definition) is 1. The van der Waals surface area contributed by atoms with E-state index in [1.807, 2.05) is 6.92 Å². The molecule has 0 aliphatic heterocycles. The summed E-state index contributed by atoms with van der Waals surface area (Å²) < 4.78 is 5.88. The molecule has 0 bridgehead atoms. The summed E-state index contributed by atoms with van der Waals surface area (Å²) >= 11 is 0. The van der Waals surface area contributed by atoms with Gasteiger partial charge in [0, 0.05) is 24.4 Å². The summed E-state index contributed by atoms with van der Waals surface area (Å²) in [6, 6.07) is 0. The van der Waals surface area contributed by atoms with Crippen molar-refractivity contribution in [1.82, 2.24) is 9.97 Å². The minimum absolute atomic E-state index is 0.406. The smallest absolute Gasteiger partial charge is 0.162 e. The Morgan fingerprint density at radius 1 is 1.16 bits per heavy atom. The van der Waals surface area contributed by atoms with E-state index in [2.05, 4.69) is 44.9 Å². The van der Waals surface area contributed by atoms with Gasteiger partial charge in [-0.25, -0.2) is 9.97 Å². The first-order valence-corrected chi connectivity index (χ1v) is 7.28. The first-order chi connectivity index (χ1) is 9.02. The van der Waals surface area contributed by atoms with Gasteiger partial charge in [0.05, 0.1) is 0 Å². The molecule has 4 nitrogen and oxygen atoms in total. The van der Waals surface area contributed by atoms with Crippen LogP contribution in [0.1, 0.15) is 58.1 Å². The van der Waals surface area contributed by atoms with Crippen LogP contribution in [0.25, 0.3) is 0 Å². The molecule has 0 fully saturated rings. The Morgan fingerprint density at radius 2 is 1.84 bits per heavy atom. The average molecular weight is 265 g/mol. The molecule has 0 aliphatic carbocycles. The van der Waals surface area contributed by atoms with Crippen molar-refractivity contribution in [3.05, 3.63) is 17.1 Å². The third-order valence-corrected chi connectivity index (χ3v) is 3.54. The molecule has 0 aromatic carbocycles. The van der Waals surface area contributed by atoms with E-state index in [9.17, 15) is 0 Å². The largest absolute Gasteiger partial charge is 0.370 e. The number of ether oxygens (including phenoxy) is 1. The Bertz CT molecular complexity index is 420. The van der Waals surface area contributed by atoms with Gasteiger partial charge in [0.25, 0.3) is 0 Å². The van der Waals surface area contributed by atoms with Gasteiger partial charge in [-0.15, -0.1) is 0 Å². The molecule has 108 valence electrons. The Balaban J connectivity index is 3.30. The van der Waals surface area contributed by atoms with Crippen molar-refractivity contribution < 1.29 is 4.74 Å². The molecular formula is C15H27N3O. The third-order valence-electron chi connectivity index (χ3n) is 3.54. The summed E-state index contributed by atoms with van der Waals surface area (Å²) in [7, 11) is 0. The monoisotopic (exact) mass is 265 g/mol. The van der Waals surface area contributed by atoms with E-state index in [0.29, 0.717) is 6.61 Å². The van der Waals surface area contributed by atoms with Crippen LogP contribution < -0.4 is 5.32 Å². The molecule has 19 heavy (non-hydrogen) atoms. The predicted molar refractivity (Wildman–Crippen MR) is 79.6 cm³/mol. The highest BCUT2D eigenvalue weighted by atomic mass is 16.5. The van der Waals surface area contributed by atoms with Crippen molar-refractivity contribution >= 4 is 5.82 Å². The molecule has 0 saturated heterocycles. The third kappa shape index (κ3) is 3.44. The van der Waals surface area contributed by atoms with E-state index in [1.165, 1.54) is 0 Å². The quantitative estimate of drug-likeness (QED) is 0.820. The molecular weight excluding hydrogens is 238 g/mol. The molecule has 0 spiro atoms. The van der Waals surface area contributed by atoms with Gasteiger partial charge in [0.15, 0.2) is 5.82 Å². The minimum Gasteiger partial charge on any atom is -0.370 e. The first-order valence-electron chi connectivity index (χ1n) is 7.28. The summed E-state index contributed by atoms with van der Waals surface area (Å²) in [4.78, 5) is 9.40. The molecule has 1 aromatic rings. The highest BCUT2D eigenvalue weighted by Crippen LogP contribution is 2.28. The topological polar surface area (TPSA) is 47.0 Å². The summed E-state index contributed by atoms with van der Waals surface area (Å²) in [5.74, 6) is 1.72. The average Bonchev–Trinajstić information content (AvgIpc) is 2.41. The lowest BCUT2D eigenvalue weighted by Gasteiger charge is -2.28. The van der Waals surface area contributed by atoms with Crippen molar-refractivity contribution in [3.63, 3.8) is 0 Å². The molecule has 1 heterocycles. The zero-order valence-corrected chi connectivity index (χ0v) is 13.1. The Morgan fingerprint density at radius 3 is 2.32 bits per heavy atom. The number of hydrogen-bond acceptors (Lipinski definition) is 4. The molecule has 0 saturated carbocycles. The second-order valence-electron chi connectivity index (χ2n) is 4.87. The number of nitrogens with one attached hydrogen (secondary N) is 1.